The molecule has 13 heavy (non-hydrogen) atoms. The molecule has 0 aliphatic heterocycles. The van der Waals surface area contributed by atoms with Gasteiger partial charge in [0.15, 0.2) is 0 Å². The van der Waals surface area contributed by atoms with Gasteiger partial charge < -0.3 is 0 Å². The molecule has 1 unspecified atom stereocenters. The molecule has 0 spiro atoms. The van der Waals surface area contributed by atoms with Crippen LogP contribution in [0.15, 0.2) is 12.2 Å². The van der Waals surface area contributed by atoms with Crippen molar-refractivity contribution >= 4 is 0 Å². The Morgan fingerprint density at radius 3 is 2.38 bits per heavy atom. The van der Waals surface area contributed by atoms with Crippen molar-refractivity contribution in [2.24, 2.45) is 5.92 Å². The second-order valence-corrected chi connectivity index (χ2v) is 4.07. The Bertz CT molecular complexity index is 113. The first-order valence-corrected chi connectivity index (χ1v) is 5.96. The number of allylic oxidation sites excluding steroid dienone is 2. The average molecular weight is 182 g/mol. The van der Waals surface area contributed by atoms with Crippen LogP contribution in [0.4, 0.5) is 0 Å². The quantitative estimate of drug-likeness (QED) is 0.368. The van der Waals surface area contributed by atoms with Crippen molar-refractivity contribution in [1.82, 2.24) is 0 Å². The van der Waals surface area contributed by atoms with Crippen LogP contribution in [0.3, 0.4) is 0 Å². The van der Waals surface area contributed by atoms with Gasteiger partial charge >= 0.3 is 0 Å². The van der Waals surface area contributed by atoms with Crippen LogP contribution >= 0.6 is 0 Å². The van der Waals surface area contributed by atoms with Crippen LogP contribution in [-0.4, -0.2) is 0 Å². The summed E-state index contributed by atoms with van der Waals surface area (Å²) < 4.78 is 0. The van der Waals surface area contributed by atoms with Crippen molar-refractivity contribution in [3.8, 4) is 0 Å². The molecule has 0 amide bonds. The zero-order valence-electron chi connectivity index (χ0n) is 9.68. The molecule has 0 saturated heterocycles. The third kappa shape index (κ3) is 9.66. The Morgan fingerprint density at radius 2 is 1.77 bits per heavy atom. The van der Waals surface area contributed by atoms with Crippen molar-refractivity contribution in [2.45, 2.75) is 65.7 Å². The molecule has 0 aromatic carbocycles. The number of hydrogen-bond acceptors (Lipinski definition) is 0. The summed E-state index contributed by atoms with van der Waals surface area (Å²) in [6, 6.07) is 0. The Balaban J connectivity index is 3.12. The fourth-order valence-corrected chi connectivity index (χ4v) is 1.30. The second-order valence-electron chi connectivity index (χ2n) is 4.07. The molecule has 0 saturated carbocycles. The summed E-state index contributed by atoms with van der Waals surface area (Å²) in [5.41, 5.74) is 0. The van der Waals surface area contributed by atoms with E-state index in [9.17, 15) is 0 Å². The first-order valence-electron chi connectivity index (χ1n) is 5.96. The van der Waals surface area contributed by atoms with Crippen LogP contribution in [-0.2, 0) is 0 Å². The lowest BCUT2D eigenvalue weighted by molar-refractivity contribution is 0.570. The number of unbranched alkanes of at least 4 members (excludes halogenated alkanes) is 4. The zero-order valence-corrected chi connectivity index (χ0v) is 9.68. The number of hydrogen-bond donors (Lipinski definition) is 0. The Hall–Kier alpha value is -0.260. The van der Waals surface area contributed by atoms with E-state index in [0.29, 0.717) is 0 Å². The highest BCUT2D eigenvalue weighted by atomic mass is 14.0. The molecule has 78 valence electrons. The van der Waals surface area contributed by atoms with Crippen molar-refractivity contribution in [2.75, 3.05) is 0 Å². The molecule has 0 heteroatoms. The molecular weight excluding hydrogens is 156 g/mol. The largest absolute Gasteiger partial charge is 0.0885 e. The maximum atomic E-state index is 2.36. The molecule has 0 radical (unpaired) electrons. The first kappa shape index (κ1) is 12.7. The summed E-state index contributed by atoms with van der Waals surface area (Å²) in [6.45, 7) is 6.85. The molecule has 1 atom stereocenters. The van der Waals surface area contributed by atoms with Crippen molar-refractivity contribution in [3.05, 3.63) is 12.2 Å². The van der Waals surface area contributed by atoms with Gasteiger partial charge in [-0.2, -0.15) is 0 Å². The molecule has 0 aliphatic carbocycles. The average Bonchev–Trinajstić information content (AvgIpc) is 2.16. The van der Waals surface area contributed by atoms with Crippen molar-refractivity contribution in [3.63, 3.8) is 0 Å². The lowest BCUT2D eigenvalue weighted by Crippen LogP contribution is -1.87. The van der Waals surface area contributed by atoms with E-state index in [1.54, 1.807) is 0 Å². The van der Waals surface area contributed by atoms with E-state index in [1.807, 2.05) is 0 Å². The Labute approximate surface area is 84.4 Å². The molecule has 0 N–H and O–H groups in total. The minimum Gasteiger partial charge on any atom is -0.0885 e. The van der Waals surface area contributed by atoms with Crippen LogP contribution in [0.1, 0.15) is 65.7 Å². The lowest BCUT2D eigenvalue weighted by Gasteiger charge is -2.02. The molecule has 0 rings (SSSR count). The minimum absolute atomic E-state index is 0.867. The monoisotopic (exact) mass is 182 g/mol. The minimum atomic E-state index is 0.867. The molecule has 0 aromatic heterocycles. The van der Waals surface area contributed by atoms with Crippen LogP contribution < -0.4 is 0 Å². The van der Waals surface area contributed by atoms with Gasteiger partial charge in [0.05, 0.1) is 0 Å². The predicted octanol–water partition coefficient (Wildman–Crippen LogP) is 4.95. The van der Waals surface area contributed by atoms with Crippen molar-refractivity contribution < 1.29 is 0 Å². The standard InChI is InChI=1S/C13H26/c1-4-6-7-8-9-10-11-12-13(3)5-2/h10-11,13H,4-9,12H2,1-3H3/b11-10+. The topological polar surface area (TPSA) is 0 Å². The maximum absolute atomic E-state index is 2.36. The van der Waals surface area contributed by atoms with Gasteiger partial charge in [0.25, 0.3) is 0 Å². The Morgan fingerprint density at radius 1 is 1.00 bits per heavy atom. The highest BCUT2D eigenvalue weighted by molar-refractivity contribution is 4.82. The summed E-state index contributed by atoms with van der Waals surface area (Å²) in [6.07, 6.45) is 14.1. The third-order valence-corrected chi connectivity index (χ3v) is 2.63. The van der Waals surface area contributed by atoms with Gasteiger partial charge in [0, 0.05) is 0 Å². The third-order valence-electron chi connectivity index (χ3n) is 2.63. The van der Waals surface area contributed by atoms with Gasteiger partial charge in [0.1, 0.15) is 0 Å². The summed E-state index contributed by atoms with van der Waals surface area (Å²) in [5, 5.41) is 0. The zero-order chi connectivity index (χ0) is 9.94. The van der Waals surface area contributed by atoms with Gasteiger partial charge in [-0.1, -0.05) is 58.6 Å². The van der Waals surface area contributed by atoms with E-state index >= 15 is 0 Å². The molecule has 0 nitrogen and oxygen atoms in total. The van der Waals surface area contributed by atoms with Gasteiger partial charge in [-0.05, 0) is 25.2 Å². The van der Waals surface area contributed by atoms with Gasteiger partial charge in [-0.15, -0.1) is 0 Å². The van der Waals surface area contributed by atoms with E-state index in [0.717, 1.165) is 5.92 Å². The second kappa shape index (κ2) is 9.83. The van der Waals surface area contributed by atoms with E-state index in [-0.39, 0.29) is 0 Å². The summed E-state index contributed by atoms with van der Waals surface area (Å²) in [7, 11) is 0. The van der Waals surface area contributed by atoms with Crippen molar-refractivity contribution in [1.29, 1.82) is 0 Å². The van der Waals surface area contributed by atoms with Crippen LogP contribution in [0.5, 0.6) is 0 Å². The summed E-state index contributed by atoms with van der Waals surface area (Å²) in [4.78, 5) is 0. The highest BCUT2D eigenvalue weighted by Crippen LogP contribution is 2.08. The van der Waals surface area contributed by atoms with E-state index in [1.165, 1.54) is 44.9 Å². The fraction of sp³-hybridized carbons (Fsp3) is 0.846. The summed E-state index contributed by atoms with van der Waals surface area (Å²) in [5.74, 6) is 0.867. The number of rotatable bonds is 8. The molecule has 0 bridgehead atoms. The molecule has 0 fully saturated rings. The van der Waals surface area contributed by atoms with E-state index < -0.39 is 0 Å². The fourth-order valence-electron chi connectivity index (χ4n) is 1.30. The van der Waals surface area contributed by atoms with Crippen LogP contribution in [0, 0.1) is 5.92 Å². The highest BCUT2D eigenvalue weighted by Gasteiger charge is 1.92. The summed E-state index contributed by atoms with van der Waals surface area (Å²) >= 11 is 0. The first-order chi connectivity index (χ1) is 6.31. The SMILES string of the molecule is CCCCCC/C=C/CC(C)CC. The van der Waals surface area contributed by atoms with Gasteiger partial charge in [0.2, 0.25) is 0 Å². The molecular formula is C13H26. The van der Waals surface area contributed by atoms with E-state index in [4.69, 9.17) is 0 Å². The van der Waals surface area contributed by atoms with Crippen LogP contribution in [0.25, 0.3) is 0 Å². The Kier molecular flexibility index (Phi) is 9.63. The molecule has 0 aromatic rings. The van der Waals surface area contributed by atoms with Gasteiger partial charge in [-0.25, -0.2) is 0 Å². The molecule has 0 heterocycles. The maximum Gasteiger partial charge on any atom is -0.0325 e. The molecule has 0 aliphatic rings. The van der Waals surface area contributed by atoms with E-state index in [2.05, 4.69) is 32.9 Å². The predicted molar refractivity (Wildman–Crippen MR) is 62.0 cm³/mol. The van der Waals surface area contributed by atoms with Crippen LogP contribution in [0.2, 0.25) is 0 Å². The smallest absolute Gasteiger partial charge is 0.0325 e. The van der Waals surface area contributed by atoms with Gasteiger partial charge in [-0.3, -0.25) is 0 Å². The lowest BCUT2D eigenvalue weighted by atomic mass is 10.0. The normalized spacial score (nSPS) is 13.8.